The maximum atomic E-state index is 13.4. The number of methoxy groups -OCH3 is 1. The SMILES string of the molecule is CO[C@@H](CO[Si](c1ccccc1)(c1ccccc1)C(C)(C)C)C[C@H](C)C/C=C(\C)C(=O)CC[C@@H](C)[C@H]1OC(C)(C)O[C@H](CCOCc2ccccc2)[C@H]1C. The van der Waals surface area contributed by atoms with E-state index in [2.05, 4.69) is 120 Å². The average molecular weight is 757 g/mol. The smallest absolute Gasteiger partial charge is 0.261 e. The highest BCUT2D eigenvalue weighted by Crippen LogP contribution is 2.38. The molecule has 0 N–H and O–H groups in total. The fourth-order valence-electron chi connectivity index (χ4n) is 8.04. The molecule has 0 radical (unpaired) electrons. The third-order valence-electron chi connectivity index (χ3n) is 11.2. The molecule has 296 valence electrons. The van der Waals surface area contributed by atoms with E-state index < -0.39 is 14.1 Å². The molecule has 1 heterocycles. The summed E-state index contributed by atoms with van der Waals surface area (Å²) in [7, 11) is -0.874. The predicted octanol–water partition coefficient (Wildman–Crippen LogP) is 9.69. The zero-order valence-corrected chi connectivity index (χ0v) is 35.8. The van der Waals surface area contributed by atoms with Crippen LogP contribution in [0, 0.1) is 17.8 Å². The predicted molar refractivity (Wildman–Crippen MR) is 224 cm³/mol. The standard InChI is InChI=1S/C47H68O6Si/c1-35(32-40(49-10)34-51-54(46(5,6)7,41-22-16-12-17-23-41)42-24-18-13-19-25-42)26-27-36(2)43(48)29-28-37(3)45-38(4)44(52-47(8,9)53-45)30-31-50-33-39-20-14-11-15-21-39/h11-25,27,35,37-38,40,44-45H,26,28-34H2,1-10H3/b36-27+/t35-,37-,38-,40-,44-,45-/m1/s1. The highest BCUT2D eigenvalue weighted by molar-refractivity contribution is 6.99. The molecule has 0 amide bonds. The minimum atomic E-state index is -2.66. The van der Waals surface area contributed by atoms with Crippen molar-refractivity contribution in [1.82, 2.24) is 0 Å². The van der Waals surface area contributed by atoms with Gasteiger partial charge in [-0.15, -0.1) is 0 Å². The maximum absolute atomic E-state index is 13.4. The Kier molecular flexibility index (Phi) is 16.5. The number of hydrogen-bond acceptors (Lipinski definition) is 6. The van der Waals surface area contributed by atoms with Gasteiger partial charge in [-0.3, -0.25) is 4.79 Å². The first kappa shape index (κ1) is 43.8. The Morgan fingerprint density at radius 3 is 2.04 bits per heavy atom. The number of allylic oxidation sites excluding steroid dienone is 2. The Morgan fingerprint density at radius 2 is 1.48 bits per heavy atom. The molecule has 1 fully saturated rings. The molecule has 0 spiro atoms. The van der Waals surface area contributed by atoms with Crippen molar-refractivity contribution in [3.8, 4) is 0 Å². The lowest BCUT2D eigenvalue weighted by molar-refractivity contribution is -0.328. The molecule has 54 heavy (non-hydrogen) atoms. The van der Waals surface area contributed by atoms with Crippen LogP contribution in [0.4, 0.5) is 0 Å². The van der Waals surface area contributed by atoms with Crippen LogP contribution in [0.25, 0.3) is 0 Å². The fourth-order valence-corrected chi connectivity index (χ4v) is 12.6. The van der Waals surface area contributed by atoms with Gasteiger partial charge in [0.2, 0.25) is 0 Å². The van der Waals surface area contributed by atoms with Crippen molar-refractivity contribution in [3.05, 3.63) is 108 Å². The van der Waals surface area contributed by atoms with Gasteiger partial charge in [-0.1, -0.05) is 139 Å². The van der Waals surface area contributed by atoms with Gasteiger partial charge in [0.1, 0.15) is 0 Å². The average Bonchev–Trinajstić information content (AvgIpc) is 3.15. The zero-order chi connectivity index (χ0) is 39.4. The number of rotatable bonds is 20. The van der Waals surface area contributed by atoms with Crippen LogP contribution < -0.4 is 10.4 Å². The molecular formula is C47H68O6Si. The topological polar surface area (TPSA) is 63.2 Å². The number of benzene rings is 3. The second-order valence-electron chi connectivity index (χ2n) is 17.1. The Hall–Kier alpha value is -2.91. The summed E-state index contributed by atoms with van der Waals surface area (Å²) in [5, 5.41) is 2.44. The number of hydrogen-bond donors (Lipinski definition) is 0. The van der Waals surface area contributed by atoms with E-state index in [0.717, 1.165) is 31.3 Å². The van der Waals surface area contributed by atoms with Crippen molar-refractivity contribution in [2.24, 2.45) is 17.8 Å². The monoisotopic (exact) mass is 756 g/mol. The molecule has 7 heteroatoms. The van der Waals surface area contributed by atoms with Crippen LogP contribution in [0.2, 0.25) is 5.04 Å². The van der Waals surface area contributed by atoms with Gasteiger partial charge in [-0.25, -0.2) is 0 Å². The van der Waals surface area contributed by atoms with Crippen molar-refractivity contribution in [2.45, 2.75) is 130 Å². The number of Topliss-reactive ketones (excluding diaryl/α,β-unsaturated/α-hetero) is 1. The molecule has 0 aliphatic carbocycles. The molecular weight excluding hydrogens is 689 g/mol. The van der Waals surface area contributed by atoms with E-state index in [0.29, 0.717) is 32.2 Å². The lowest BCUT2D eigenvalue weighted by Crippen LogP contribution is -2.67. The van der Waals surface area contributed by atoms with Crippen molar-refractivity contribution < 1.29 is 28.2 Å². The molecule has 1 aliphatic rings. The molecule has 0 aromatic heterocycles. The summed E-state index contributed by atoms with van der Waals surface area (Å²) in [5.74, 6) is 0.250. The van der Waals surface area contributed by atoms with Crippen molar-refractivity contribution in [2.75, 3.05) is 20.3 Å². The number of carbonyl (C=O) groups is 1. The summed E-state index contributed by atoms with van der Waals surface area (Å²) in [6, 6.07) is 31.7. The highest BCUT2D eigenvalue weighted by Gasteiger charge is 2.50. The highest BCUT2D eigenvalue weighted by atomic mass is 28.4. The Labute approximate surface area is 328 Å². The van der Waals surface area contributed by atoms with E-state index in [-0.39, 0.29) is 41.0 Å². The Morgan fingerprint density at radius 1 is 0.907 bits per heavy atom. The summed E-state index contributed by atoms with van der Waals surface area (Å²) < 4.78 is 32.0. The minimum Gasteiger partial charge on any atom is -0.405 e. The van der Waals surface area contributed by atoms with Gasteiger partial charge in [-0.05, 0) is 84.8 Å². The van der Waals surface area contributed by atoms with Gasteiger partial charge in [0.05, 0.1) is 31.5 Å². The summed E-state index contributed by atoms with van der Waals surface area (Å²) in [6.45, 7) is 21.2. The lowest BCUT2D eigenvalue weighted by atomic mass is 9.83. The summed E-state index contributed by atoms with van der Waals surface area (Å²) >= 11 is 0. The molecule has 4 rings (SSSR count). The third kappa shape index (κ3) is 12.0. The number of ether oxygens (including phenoxy) is 4. The number of carbonyl (C=O) groups excluding carboxylic acids is 1. The first-order chi connectivity index (χ1) is 25.7. The first-order valence-electron chi connectivity index (χ1n) is 20.1. The van der Waals surface area contributed by atoms with Crippen molar-refractivity contribution >= 4 is 24.5 Å². The van der Waals surface area contributed by atoms with Crippen LogP contribution in [0.3, 0.4) is 0 Å². The minimum absolute atomic E-state index is 0.00189. The Balaban J connectivity index is 1.29. The Bertz CT molecular complexity index is 1530. The summed E-state index contributed by atoms with van der Waals surface area (Å²) in [4.78, 5) is 13.4. The van der Waals surface area contributed by atoms with E-state index in [1.165, 1.54) is 15.9 Å². The van der Waals surface area contributed by atoms with Crippen LogP contribution in [0.5, 0.6) is 0 Å². The number of ketones is 1. The second kappa shape index (κ2) is 20.3. The quantitative estimate of drug-likeness (QED) is 0.0650. The van der Waals surface area contributed by atoms with E-state index in [1.54, 1.807) is 7.11 Å². The van der Waals surface area contributed by atoms with E-state index in [9.17, 15) is 4.79 Å². The van der Waals surface area contributed by atoms with Gasteiger partial charge in [0.15, 0.2) is 11.6 Å². The van der Waals surface area contributed by atoms with Gasteiger partial charge < -0.3 is 23.4 Å². The summed E-state index contributed by atoms with van der Waals surface area (Å²) in [5.41, 5.74) is 2.01. The van der Waals surface area contributed by atoms with Crippen LogP contribution in [0.1, 0.15) is 100.0 Å². The molecule has 1 saturated heterocycles. The molecule has 6 nitrogen and oxygen atoms in total. The van der Waals surface area contributed by atoms with Gasteiger partial charge in [0.25, 0.3) is 8.32 Å². The van der Waals surface area contributed by atoms with Crippen molar-refractivity contribution in [3.63, 3.8) is 0 Å². The van der Waals surface area contributed by atoms with Gasteiger partial charge in [0, 0.05) is 26.1 Å². The maximum Gasteiger partial charge on any atom is 0.261 e. The van der Waals surface area contributed by atoms with Crippen molar-refractivity contribution in [1.29, 1.82) is 0 Å². The molecule has 0 bridgehead atoms. The first-order valence-corrected chi connectivity index (χ1v) is 22.0. The summed E-state index contributed by atoms with van der Waals surface area (Å²) in [6.07, 6.45) is 5.83. The van der Waals surface area contributed by atoms with Gasteiger partial charge >= 0.3 is 0 Å². The normalized spacial score (nSPS) is 21.0. The van der Waals surface area contributed by atoms with Crippen LogP contribution >= 0.6 is 0 Å². The van der Waals surface area contributed by atoms with Crippen LogP contribution in [-0.2, 0) is 34.8 Å². The van der Waals surface area contributed by atoms with Crippen LogP contribution in [-0.4, -0.2) is 58.5 Å². The molecule has 0 saturated carbocycles. The van der Waals surface area contributed by atoms with E-state index in [1.807, 2.05) is 39.0 Å². The molecule has 3 aromatic carbocycles. The molecule has 1 aliphatic heterocycles. The lowest BCUT2D eigenvalue weighted by Gasteiger charge is -2.47. The van der Waals surface area contributed by atoms with E-state index >= 15 is 0 Å². The van der Waals surface area contributed by atoms with E-state index in [4.69, 9.17) is 23.4 Å². The largest absolute Gasteiger partial charge is 0.405 e. The van der Waals surface area contributed by atoms with Gasteiger partial charge in [-0.2, -0.15) is 0 Å². The third-order valence-corrected chi connectivity index (χ3v) is 16.2. The molecule has 6 atom stereocenters. The molecule has 3 aromatic rings. The molecule has 0 unspecified atom stereocenters. The second-order valence-corrected chi connectivity index (χ2v) is 21.4. The van der Waals surface area contributed by atoms with Crippen LogP contribution in [0.15, 0.2) is 103 Å². The fraction of sp³-hybridized carbons (Fsp3) is 0.553. The zero-order valence-electron chi connectivity index (χ0n) is 34.8.